The average molecular weight is 319 g/mol. The molecule has 1 heterocycles. The molecule has 1 fully saturated rings. The zero-order chi connectivity index (χ0) is 16.7. The first-order chi connectivity index (χ1) is 11.1. The zero-order valence-corrected chi connectivity index (χ0v) is 13.6. The molecular formula is C17H25N3O3. The molecule has 1 saturated heterocycles. The van der Waals surface area contributed by atoms with Gasteiger partial charge in [0.15, 0.2) is 0 Å². The Balaban J connectivity index is 1.71. The highest BCUT2D eigenvalue weighted by molar-refractivity contribution is 5.83. The topological polar surface area (TPSA) is 84.7 Å². The summed E-state index contributed by atoms with van der Waals surface area (Å²) in [6, 6.07) is 7.73. The second kappa shape index (κ2) is 8.53. The average Bonchev–Trinajstić information content (AvgIpc) is 2.58. The normalized spacial score (nSPS) is 15.3. The van der Waals surface area contributed by atoms with Gasteiger partial charge in [0.25, 0.3) is 0 Å². The van der Waals surface area contributed by atoms with E-state index in [0.717, 1.165) is 24.2 Å². The summed E-state index contributed by atoms with van der Waals surface area (Å²) in [5, 5.41) is 2.83. The SMILES string of the molecule is COc1ccccc1CNC(=O)CCC(=O)N1CCC(N)CC1. The van der Waals surface area contributed by atoms with Crippen molar-refractivity contribution in [3.8, 4) is 5.75 Å². The maximum atomic E-state index is 12.1. The van der Waals surface area contributed by atoms with E-state index in [1.165, 1.54) is 0 Å². The largest absolute Gasteiger partial charge is 0.496 e. The van der Waals surface area contributed by atoms with E-state index in [4.69, 9.17) is 10.5 Å². The minimum absolute atomic E-state index is 0.0318. The van der Waals surface area contributed by atoms with Crippen LogP contribution < -0.4 is 15.8 Å². The molecule has 0 bridgehead atoms. The maximum Gasteiger partial charge on any atom is 0.223 e. The lowest BCUT2D eigenvalue weighted by atomic mass is 10.1. The molecule has 1 aromatic rings. The smallest absolute Gasteiger partial charge is 0.223 e. The Labute approximate surface area is 137 Å². The van der Waals surface area contributed by atoms with Gasteiger partial charge in [0.2, 0.25) is 11.8 Å². The molecule has 6 heteroatoms. The number of likely N-dealkylation sites (tertiary alicyclic amines) is 1. The Bertz CT molecular complexity index is 540. The number of benzene rings is 1. The van der Waals surface area contributed by atoms with Crippen LogP contribution in [0.1, 0.15) is 31.2 Å². The van der Waals surface area contributed by atoms with Gasteiger partial charge in [0.1, 0.15) is 5.75 Å². The van der Waals surface area contributed by atoms with Gasteiger partial charge in [-0.05, 0) is 18.9 Å². The molecule has 126 valence electrons. The van der Waals surface area contributed by atoms with Crippen LogP contribution in [0.3, 0.4) is 0 Å². The number of rotatable bonds is 6. The third kappa shape index (κ3) is 5.25. The number of nitrogens with two attached hydrogens (primary N) is 1. The van der Waals surface area contributed by atoms with E-state index in [2.05, 4.69) is 5.32 Å². The van der Waals surface area contributed by atoms with E-state index in [9.17, 15) is 9.59 Å². The Morgan fingerprint density at radius 3 is 2.65 bits per heavy atom. The van der Waals surface area contributed by atoms with E-state index in [1.54, 1.807) is 12.0 Å². The molecule has 1 aliphatic rings. The highest BCUT2D eigenvalue weighted by Gasteiger charge is 2.20. The van der Waals surface area contributed by atoms with E-state index in [-0.39, 0.29) is 30.7 Å². The van der Waals surface area contributed by atoms with E-state index < -0.39 is 0 Å². The number of hydrogen-bond donors (Lipinski definition) is 2. The first-order valence-electron chi connectivity index (χ1n) is 8.02. The first-order valence-corrected chi connectivity index (χ1v) is 8.02. The fourth-order valence-corrected chi connectivity index (χ4v) is 2.66. The zero-order valence-electron chi connectivity index (χ0n) is 13.6. The number of ether oxygens (including phenoxy) is 1. The molecule has 0 aromatic heterocycles. The number of nitrogens with zero attached hydrogens (tertiary/aromatic N) is 1. The van der Waals surface area contributed by atoms with Crippen LogP contribution in [-0.4, -0.2) is 43.0 Å². The van der Waals surface area contributed by atoms with Gasteiger partial charge in [-0.2, -0.15) is 0 Å². The highest BCUT2D eigenvalue weighted by atomic mass is 16.5. The van der Waals surface area contributed by atoms with Crippen LogP contribution in [0.2, 0.25) is 0 Å². The molecule has 1 aromatic carbocycles. The molecule has 0 unspecified atom stereocenters. The molecular weight excluding hydrogens is 294 g/mol. The standard InChI is InChI=1S/C17H25N3O3/c1-23-15-5-3-2-4-13(15)12-19-16(21)6-7-17(22)20-10-8-14(18)9-11-20/h2-5,14H,6-12,18H2,1H3,(H,19,21). The summed E-state index contributed by atoms with van der Waals surface area (Å²) in [5.74, 6) is 0.649. The number of nitrogens with one attached hydrogen (secondary N) is 1. The van der Waals surface area contributed by atoms with Crippen molar-refractivity contribution >= 4 is 11.8 Å². The molecule has 6 nitrogen and oxygen atoms in total. The van der Waals surface area contributed by atoms with Crippen molar-refractivity contribution in [2.75, 3.05) is 20.2 Å². The summed E-state index contributed by atoms with van der Waals surface area (Å²) in [6.07, 6.45) is 2.13. The van der Waals surface area contributed by atoms with Crippen molar-refractivity contribution in [2.24, 2.45) is 5.73 Å². The number of para-hydroxylation sites is 1. The molecule has 0 aliphatic carbocycles. The van der Waals surface area contributed by atoms with Crippen LogP contribution in [0.15, 0.2) is 24.3 Å². The lowest BCUT2D eigenvalue weighted by Crippen LogP contribution is -2.43. The number of methoxy groups -OCH3 is 1. The van der Waals surface area contributed by atoms with Crippen molar-refractivity contribution in [1.82, 2.24) is 10.2 Å². The fraction of sp³-hybridized carbons (Fsp3) is 0.529. The molecule has 1 aliphatic heterocycles. The van der Waals surface area contributed by atoms with Crippen molar-refractivity contribution in [3.05, 3.63) is 29.8 Å². The third-order valence-corrected chi connectivity index (χ3v) is 4.13. The number of carbonyl (C=O) groups is 2. The van der Waals surface area contributed by atoms with Gasteiger partial charge in [-0.1, -0.05) is 18.2 Å². The third-order valence-electron chi connectivity index (χ3n) is 4.13. The van der Waals surface area contributed by atoms with Crippen LogP contribution in [0, 0.1) is 0 Å². The Hall–Kier alpha value is -2.08. The summed E-state index contributed by atoms with van der Waals surface area (Å²) in [7, 11) is 1.60. The minimum Gasteiger partial charge on any atom is -0.496 e. The van der Waals surface area contributed by atoms with Gasteiger partial charge in [0, 0.05) is 44.1 Å². The van der Waals surface area contributed by atoms with Crippen LogP contribution in [-0.2, 0) is 16.1 Å². The number of piperidine rings is 1. The first kappa shape index (κ1) is 17.3. The van der Waals surface area contributed by atoms with Gasteiger partial charge in [-0.3, -0.25) is 9.59 Å². The van der Waals surface area contributed by atoms with Crippen molar-refractivity contribution < 1.29 is 14.3 Å². The summed E-state index contributed by atoms with van der Waals surface area (Å²) >= 11 is 0. The van der Waals surface area contributed by atoms with E-state index in [1.807, 2.05) is 24.3 Å². The number of amides is 2. The van der Waals surface area contributed by atoms with Crippen molar-refractivity contribution in [2.45, 2.75) is 38.3 Å². The molecule has 2 amide bonds. The number of carbonyl (C=O) groups excluding carboxylic acids is 2. The Morgan fingerprint density at radius 1 is 1.26 bits per heavy atom. The van der Waals surface area contributed by atoms with Crippen LogP contribution >= 0.6 is 0 Å². The molecule has 3 N–H and O–H groups in total. The molecule has 0 saturated carbocycles. The summed E-state index contributed by atoms with van der Waals surface area (Å²) in [4.78, 5) is 25.8. The van der Waals surface area contributed by atoms with Gasteiger partial charge in [0.05, 0.1) is 7.11 Å². The van der Waals surface area contributed by atoms with Gasteiger partial charge in [-0.15, -0.1) is 0 Å². The molecule has 23 heavy (non-hydrogen) atoms. The number of hydrogen-bond acceptors (Lipinski definition) is 4. The molecule has 2 rings (SSSR count). The molecule has 0 radical (unpaired) electrons. The van der Waals surface area contributed by atoms with Crippen LogP contribution in [0.4, 0.5) is 0 Å². The van der Waals surface area contributed by atoms with Crippen LogP contribution in [0.5, 0.6) is 5.75 Å². The Morgan fingerprint density at radius 2 is 1.96 bits per heavy atom. The van der Waals surface area contributed by atoms with Gasteiger partial charge < -0.3 is 20.7 Å². The minimum atomic E-state index is -0.127. The lowest BCUT2D eigenvalue weighted by Gasteiger charge is -2.30. The Kier molecular flexibility index (Phi) is 6.40. The fourth-order valence-electron chi connectivity index (χ4n) is 2.66. The second-order valence-electron chi connectivity index (χ2n) is 5.81. The van der Waals surface area contributed by atoms with E-state index >= 15 is 0 Å². The molecule has 0 atom stereocenters. The predicted molar refractivity (Wildman–Crippen MR) is 87.9 cm³/mol. The maximum absolute atomic E-state index is 12.1. The van der Waals surface area contributed by atoms with Crippen molar-refractivity contribution in [1.29, 1.82) is 0 Å². The van der Waals surface area contributed by atoms with Crippen molar-refractivity contribution in [3.63, 3.8) is 0 Å². The van der Waals surface area contributed by atoms with Gasteiger partial charge in [-0.25, -0.2) is 0 Å². The lowest BCUT2D eigenvalue weighted by molar-refractivity contribution is -0.134. The van der Waals surface area contributed by atoms with Gasteiger partial charge >= 0.3 is 0 Å². The summed E-state index contributed by atoms with van der Waals surface area (Å²) in [6.45, 7) is 1.79. The molecule has 0 spiro atoms. The second-order valence-corrected chi connectivity index (χ2v) is 5.81. The van der Waals surface area contributed by atoms with E-state index in [0.29, 0.717) is 19.6 Å². The summed E-state index contributed by atoms with van der Waals surface area (Å²) < 4.78 is 5.24. The quantitative estimate of drug-likeness (QED) is 0.820. The predicted octanol–water partition coefficient (Wildman–Crippen LogP) is 1.04. The monoisotopic (exact) mass is 319 g/mol. The van der Waals surface area contributed by atoms with Crippen LogP contribution in [0.25, 0.3) is 0 Å². The highest BCUT2D eigenvalue weighted by Crippen LogP contribution is 2.16. The summed E-state index contributed by atoms with van der Waals surface area (Å²) in [5.41, 5.74) is 6.74.